The zero-order valence-corrected chi connectivity index (χ0v) is 9.20. The molecule has 5 N–H and O–H groups in total. The molecule has 2 aromatic rings. The topological polar surface area (TPSA) is 124 Å². The molecule has 0 aliphatic heterocycles. The highest BCUT2D eigenvalue weighted by Gasteiger charge is 2.13. The lowest BCUT2D eigenvalue weighted by Crippen LogP contribution is -2.13. The second-order valence-electron chi connectivity index (χ2n) is 3.55. The Bertz CT molecular complexity index is 633. The number of amides is 1. The minimum Gasteiger partial charge on any atom is -0.478 e. The molecule has 0 radical (unpaired) electrons. The standard InChI is InChI=1S/C11H10N4O3/c12-9-6(11(17)18)2-1-3-8(9)15-5-4-7(14-15)10(13)16/h1-5H,12H2,(H2,13,16)(H,17,18). The SMILES string of the molecule is NC(=O)c1ccn(-c2cccc(C(=O)O)c2N)n1. The fraction of sp³-hybridized carbons (Fsp3) is 0. The number of aromatic carboxylic acids is 1. The van der Waals surface area contributed by atoms with Crippen LogP contribution in [0.4, 0.5) is 5.69 Å². The molecule has 1 amide bonds. The van der Waals surface area contributed by atoms with E-state index < -0.39 is 11.9 Å². The van der Waals surface area contributed by atoms with E-state index in [2.05, 4.69) is 5.10 Å². The quantitative estimate of drug-likeness (QED) is 0.669. The van der Waals surface area contributed by atoms with Crippen molar-refractivity contribution in [1.29, 1.82) is 0 Å². The van der Waals surface area contributed by atoms with Crippen LogP contribution in [-0.4, -0.2) is 26.8 Å². The first-order chi connectivity index (χ1) is 8.50. The number of carboxylic acids is 1. The average Bonchev–Trinajstić information content (AvgIpc) is 2.78. The number of para-hydroxylation sites is 1. The van der Waals surface area contributed by atoms with Crippen LogP contribution in [0.25, 0.3) is 5.69 Å². The number of rotatable bonds is 3. The Morgan fingerprint density at radius 1 is 1.28 bits per heavy atom. The van der Waals surface area contributed by atoms with E-state index in [4.69, 9.17) is 16.6 Å². The summed E-state index contributed by atoms with van der Waals surface area (Å²) in [6, 6.07) is 5.95. The normalized spacial score (nSPS) is 10.2. The molecular formula is C11H10N4O3. The van der Waals surface area contributed by atoms with Gasteiger partial charge in [-0.2, -0.15) is 5.10 Å². The van der Waals surface area contributed by atoms with Gasteiger partial charge in [0.05, 0.1) is 16.9 Å². The van der Waals surface area contributed by atoms with Crippen LogP contribution in [0.5, 0.6) is 0 Å². The number of nitrogen functional groups attached to an aromatic ring is 1. The van der Waals surface area contributed by atoms with Gasteiger partial charge in [-0.05, 0) is 18.2 Å². The smallest absolute Gasteiger partial charge is 0.337 e. The first-order valence-electron chi connectivity index (χ1n) is 4.98. The van der Waals surface area contributed by atoms with Crippen molar-refractivity contribution in [3.8, 4) is 5.69 Å². The van der Waals surface area contributed by atoms with Crippen LogP contribution in [0.1, 0.15) is 20.8 Å². The maximum Gasteiger partial charge on any atom is 0.337 e. The molecule has 0 aliphatic carbocycles. The van der Waals surface area contributed by atoms with Crippen molar-refractivity contribution in [3.63, 3.8) is 0 Å². The summed E-state index contributed by atoms with van der Waals surface area (Å²) in [4.78, 5) is 21.9. The highest BCUT2D eigenvalue weighted by Crippen LogP contribution is 2.21. The molecular weight excluding hydrogens is 236 g/mol. The van der Waals surface area contributed by atoms with Crippen molar-refractivity contribution >= 4 is 17.6 Å². The van der Waals surface area contributed by atoms with Crippen LogP contribution < -0.4 is 11.5 Å². The summed E-state index contributed by atoms with van der Waals surface area (Å²) in [5, 5.41) is 12.9. The fourth-order valence-corrected chi connectivity index (χ4v) is 1.53. The molecule has 0 fully saturated rings. The second kappa shape index (κ2) is 4.21. The van der Waals surface area contributed by atoms with Gasteiger partial charge < -0.3 is 16.6 Å². The maximum atomic E-state index is 10.9. The lowest BCUT2D eigenvalue weighted by atomic mass is 10.1. The summed E-state index contributed by atoms with van der Waals surface area (Å²) in [6.07, 6.45) is 1.48. The van der Waals surface area contributed by atoms with Gasteiger partial charge in [0.25, 0.3) is 5.91 Å². The molecule has 92 valence electrons. The largest absolute Gasteiger partial charge is 0.478 e. The Morgan fingerprint density at radius 2 is 2.00 bits per heavy atom. The number of anilines is 1. The lowest BCUT2D eigenvalue weighted by molar-refractivity contribution is 0.0697. The summed E-state index contributed by atoms with van der Waals surface area (Å²) in [5.41, 5.74) is 11.3. The number of carbonyl (C=O) groups excluding carboxylic acids is 1. The Hall–Kier alpha value is -2.83. The molecule has 7 nitrogen and oxygen atoms in total. The molecule has 18 heavy (non-hydrogen) atoms. The van der Waals surface area contributed by atoms with E-state index >= 15 is 0 Å². The van der Waals surface area contributed by atoms with Gasteiger partial charge in [-0.3, -0.25) is 4.79 Å². The second-order valence-corrected chi connectivity index (χ2v) is 3.55. The molecule has 7 heteroatoms. The Kier molecular flexibility index (Phi) is 2.72. The number of nitrogens with zero attached hydrogens (tertiary/aromatic N) is 2. The van der Waals surface area contributed by atoms with Crippen molar-refractivity contribution < 1.29 is 14.7 Å². The molecule has 1 aromatic heterocycles. The van der Waals surface area contributed by atoms with Crippen molar-refractivity contribution in [2.45, 2.75) is 0 Å². The Morgan fingerprint density at radius 3 is 2.56 bits per heavy atom. The molecule has 1 heterocycles. The van der Waals surface area contributed by atoms with Crippen LogP contribution in [0.2, 0.25) is 0 Å². The number of nitrogens with two attached hydrogens (primary N) is 2. The molecule has 0 saturated carbocycles. The van der Waals surface area contributed by atoms with E-state index in [-0.39, 0.29) is 16.9 Å². The van der Waals surface area contributed by atoms with Crippen molar-refractivity contribution in [1.82, 2.24) is 9.78 Å². The van der Waals surface area contributed by atoms with E-state index in [1.54, 1.807) is 12.1 Å². The predicted octanol–water partition coefficient (Wildman–Crippen LogP) is 0.252. The maximum absolute atomic E-state index is 10.9. The third-order valence-electron chi connectivity index (χ3n) is 2.40. The number of aromatic nitrogens is 2. The zero-order chi connectivity index (χ0) is 13.3. The minimum atomic E-state index is -1.13. The molecule has 0 spiro atoms. The van der Waals surface area contributed by atoms with Gasteiger partial charge in [-0.1, -0.05) is 6.07 Å². The van der Waals surface area contributed by atoms with Crippen LogP contribution >= 0.6 is 0 Å². The summed E-state index contributed by atoms with van der Waals surface area (Å²) < 4.78 is 1.31. The van der Waals surface area contributed by atoms with E-state index in [1.165, 1.54) is 23.0 Å². The van der Waals surface area contributed by atoms with Gasteiger partial charge in [-0.25, -0.2) is 9.48 Å². The fourth-order valence-electron chi connectivity index (χ4n) is 1.53. The third-order valence-corrected chi connectivity index (χ3v) is 2.40. The van der Waals surface area contributed by atoms with Gasteiger partial charge in [0.1, 0.15) is 5.69 Å². The first kappa shape index (κ1) is 11.6. The van der Waals surface area contributed by atoms with Gasteiger partial charge in [0.15, 0.2) is 0 Å². The summed E-state index contributed by atoms with van der Waals surface area (Å²) >= 11 is 0. The number of carbonyl (C=O) groups is 2. The first-order valence-corrected chi connectivity index (χ1v) is 4.98. The average molecular weight is 246 g/mol. The number of primary amides is 1. The summed E-state index contributed by atoms with van der Waals surface area (Å²) in [6.45, 7) is 0. The number of carboxylic acid groups (broad SMARTS) is 1. The number of benzene rings is 1. The number of hydrogen-bond donors (Lipinski definition) is 3. The zero-order valence-electron chi connectivity index (χ0n) is 9.20. The van der Waals surface area contributed by atoms with Crippen LogP contribution in [-0.2, 0) is 0 Å². The van der Waals surface area contributed by atoms with Crippen molar-refractivity contribution in [2.24, 2.45) is 5.73 Å². The van der Waals surface area contributed by atoms with E-state index in [9.17, 15) is 9.59 Å². The molecule has 2 rings (SSSR count). The minimum absolute atomic E-state index is 0.0244. The highest BCUT2D eigenvalue weighted by atomic mass is 16.4. The van der Waals surface area contributed by atoms with Gasteiger partial charge in [-0.15, -0.1) is 0 Å². The third kappa shape index (κ3) is 1.88. The van der Waals surface area contributed by atoms with Gasteiger partial charge in [0, 0.05) is 6.20 Å². The Labute approximate surface area is 102 Å². The predicted molar refractivity (Wildman–Crippen MR) is 63.5 cm³/mol. The summed E-state index contributed by atoms with van der Waals surface area (Å²) in [5.74, 6) is -1.79. The van der Waals surface area contributed by atoms with Gasteiger partial charge in [0.2, 0.25) is 0 Å². The van der Waals surface area contributed by atoms with Crippen molar-refractivity contribution in [3.05, 3.63) is 41.7 Å². The Balaban J connectivity index is 2.53. The van der Waals surface area contributed by atoms with Crippen LogP contribution in [0.3, 0.4) is 0 Å². The monoisotopic (exact) mass is 246 g/mol. The lowest BCUT2D eigenvalue weighted by Gasteiger charge is -2.07. The molecule has 0 unspecified atom stereocenters. The van der Waals surface area contributed by atoms with Gasteiger partial charge >= 0.3 is 5.97 Å². The molecule has 1 aromatic carbocycles. The van der Waals surface area contributed by atoms with E-state index in [0.717, 1.165) is 0 Å². The number of hydrogen-bond acceptors (Lipinski definition) is 4. The highest BCUT2D eigenvalue weighted by molar-refractivity contribution is 5.95. The van der Waals surface area contributed by atoms with Crippen LogP contribution in [0.15, 0.2) is 30.5 Å². The molecule has 0 aliphatic rings. The molecule has 0 bridgehead atoms. The van der Waals surface area contributed by atoms with E-state index in [0.29, 0.717) is 5.69 Å². The molecule has 0 saturated heterocycles. The van der Waals surface area contributed by atoms with Crippen LogP contribution in [0, 0.1) is 0 Å². The summed E-state index contributed by atoms with van der Waals surface area (Å²) in [7, 11) is 0. The van der Waals surface area contributed by atoms with E-state index in [1.807, 2.05) is 0 Å². The molecule has 0 atom stereocenters. The van der Waals surface area contributed by atoms with Crippen molar-refractivity contribution in [2.75, 3.05) is 5.73 Å².